The number of nitrogens with zero attached hydrogens (tertiary/aromatic N) is 1. The van der Waals surface area contributed by atoms with Crippen LogP contribution in [0.4, 0.5) is 0 Å². The van der Waals surface area contributed by atoms with Gasteiger partial charge in [0.2, 0.25) is 0 Å². The van der Waals surface area contributed by atoms with Crippen molar-refractivity contribution in [2.24, 2.45) is 0 Å². The van der Waals surface area contributed by atoms with Crippen molar-refractivity contribution in [3.05, 3.63) is 0 Å². The van der Waals surface area contributed by atoms with Crippen molar-refractivity contribution < 1.29 is 8.42 Å². The minimum Gasteiger partial charge on any atom is -0.309 e. The number of rotatable bonds is 2. The Hall–Kier alpha value is -0.130. The highest BCUT2D eigenvalue weighted by atomic mass is 32.2. The number of nitrogens with one attached hydrogen (secondary N) is 1. The summed E-state index contributed by atoms with van der Waals surface area (Å²) in [6.45, 7) is 8.48. The number of hydrogen-bond acceptors (Lipinski definition) is 4. The monoisotopic (exact) mass is 260 g/mol. The largest absolute Gasteiger partial charge is 0.309 e. The van der Waals surface area contributed by atoms with Crippen LogP contribution in [-0.2, 0) is 9.84 Å². The summed E-state index contributed by atoms with van der Waals surface area (Å²) in [6, 6.07) is 0.729. The summed E-state index contributed by atoms with van der Waals surface area (Å²) in [5.74, 6) is 0.734. The van der Waals surface area contributed by atoms with Crippen LogP contribution in [-0.4, -0.2) is 55.5 Å². The normalized spacial score (nSPS) is 37.1. The van der Waals surface area contributed by atoms with E-state index >= 15 is 0 Å². The van der Waals surface area contributed by atoms with Crippen molar-refractivity contribution in [3.8, 4) is 0 Å². The van der Waals surface area contributed by atoms with Crippen molar-refractivity contribution in [3.63, 3.8) is 0 Å². The van der Waals surface area contributed by atoms with Gasteiger partial charge in [0.15, 0.2) is 9.84 Å². The van der Waals surface area contributed by atoms with Gasteiger partial charge in [-0.05, 0) is 26.7 Å². The molecule has 0 aromatic carbocycles. The van der Waals surface area contributed by atoms with E-state index in [0.717, 1.165) is 25.9 Å². The molecule has 0 spiro atoms. The first-order valence-electron chi connectivity index (χ1n) is 6.54. The molecule has 0 aliphatic carbocycles. The summed E-state index contributed by atoms with van der Waals surface area (Å²) in [7, 11) is -2.78. The van der Waals surface area contributed by atoms with E-state index in [2.05, 4.69) is 31.0 Å². The molecule has 5 heteroatoms. The lowest BCUT2D eigenvalue weighted by atomic mass is 9.95. The van der Waals surface area contributed by atoms with Gasteiger partial charge in [-0.1, -0.05) is 6.92 Å². The molecule has 2 atom stereocenters. The van der Waals surface area contributed by atoms with Gasteiger partial charge >= 0.3 is 0 Å². The van der Waals surface area contributed by atoms with E-state index in [4.69, 9.17) is 0 Å². The topological polar surface area (TPSA) is 49.4 Å². The van der Waals surface area contributed by atoms with Crippen LogP contribution in [0.3, 0.4) is 0 Å². The van der Waals surface area contributed by atoms with Crippen LogP contribution in [0.1, 0.15) is 33.6 Å². The molecule has 2 aliphatic rings. The van der Waals surface area contributed by atoms with Gasteiger partial charge in [-0.2, -0.15) is 0 Å². The van der Waals surface area contributed by atoms with Crippen LogP contribution in [0.5, 0.6) is 0 Å². The van der Waals surface area contributed by atoms with Crippen LogP contribution >= 0.6 is 0 Å². The second-order valence-electron chi connectivity index (χ2n) is 6.06. The summed E-state index contributed by atoms with van der Waals surface area (Å²) in [6.07, 6.45) is 1.90. The highest BCUT2D eigenvalue weighted by Crippen LogP contribution is 2.25. The van der Waals surface area contributed by atoms with Crippen molar-refractivity contribution >= 4 is 9.84 Å². The Labute approximate surface area is 105 Å². The number of piperazine rings is 1. The Bertz CT molecular complexity index is 378. The van der Waals surface area contributed by atoms with E-state index < -0.39 is 9.84 Å². The molecule has 1 N–H and O–H groups in total. The Morgan fingerprint density at radius 3 is 2.65 bits per heavy atom. The smallest absolute Gasteiger partial charge is 0.151 e. The molecular formula is C12H24N2O2S. The maximum Gasteiger partial charge on any atom is 0.151 e. The predicted octanol–water partition coefficient (Wildman–Crippen LogP) is 0.636. The van der Waals surface area contributed by atoms with E-state index in [9.17, 15) is 8.42 Å². The van der Waals surface area contributed by atoms with Gasteiger partial charge in [-0.25, -0.2) is 8.42 Å². The lowest BCUT2D eigenvalue weighted by Gasteiger charge is -2.47. The highest BCUT2D eigenvalue weighted by molar-refractivity contribution is 7.91. The summed E-state index contributed by atoms with van der Waals surface area (Å²) in [5, 5.41) is 3.54. The average molecular weight is 260 g/mol. The first-order valence-corrected chi connectivity index (χ1v) is 8.36. The maximum atomic E-state index is 11.6. The quantitative estimate of drug-likeness (QED) is 0.791. The third-order valence-corrected chi connectivity index (χ3v) is 5.76. The second-order valence-corrected chi connectivity index (χ2v) is 8.28. The standard InChI is InChI=1S/C12H24N2O2S/c1-4-10-7-13-12(2,3)9-14(10)11-5-6-17(15,16)8-11/h10-11,13H,4-9H2,1-3H3. The number of sulfone groups is 1. The fourth-order valence-corrected chi connectivity index (χ4v) is 4.74. The van der Waals surface area contributed by atoms with Crippen molar-refractivity contribution in [1.82, 2.24) is 10.2 Å². The van der Waals surface area contributed by atoms with Crippen molar-refractivity contribution in [2.75, 3.05) is 24.6 Å². The van der Waals surface area contributed by atoms with E-state index in [0.29, 0.717) is 17.5 Å². The highest BCUT2D eigenvalue weighted by Gasteiger charge is 2.40. The van der Waals surface area contributed by atoms with Crippen LogP contribution in [0.25, 0.3) is 0 Å². The van der Waals surface area contributed by atoms with Gasteiger partial charge in [-0.15, -0.1) is 0 Å². The van der Waals surface area contributed by atoms with Gasteiger partial charge in [0.05, 0.1) is 11.5 Å². The molecule has 2 fully saturated rings. The van der Waals surface area contributed by atoms with E-state index in [-0.39, 0.29) is 11.6 Å². The zero-order chi connectivity index (χ0) is 12.7. The molecule has 0 aromatic rings. The van der Waals surface area contributed by atoms with Crippen LogP contribution in [0.2, 0.25) is 0 Å². The van der Waals surface area contributed by atoms with Crippen molar-refractivity contribution in [2.45, 2.75) is 51.2 Å². The number of hydrogen-bond donors (Lipinski definition) is 1. The fraction of sp³-hybridized carbons (Fsp3) is 1.00. The predicted molar refractivity (Wildman–Crippen MR) is 69.9 cm³/mol. The molecule has 2 unspecified atom stereocenters. The van der Waals surface area contributed by atoms with Gasteiger partial charge in [0.1, 0.15) is 0 Å². The molecule has 0 amide bonds. The lowest BCUT2D eigenvalue weighted by Crippen LogP contribution is -2.63. The third-order valence-electron chi connectivity index (χ3n) is 4.01. The molecule has 0 saturated carbocycles. The summed E-state index contributed by atoms with van der Waals surface area (Å²) in [5.41, 5.74) is 0.0953. The summed E-state index contributed by atoms with van der Waals surface area (Å²) in [4.78, 5) is 2.43. The lowest BCUT2D eigenvalue weighted by molar-refractivity contribution is 0.0609. The Morgan fingerprint density at radius 1 is 1.41 bits per heavy atom. The van der Waals surface area contributed by atoms with Gasteiger partial charge in [-0.3, -0.25) is 4.90 Å². The van der Waals surface area contributed by atoms with Crippen molar-refractivity contribution in [1.29, 1.82) is 0 Å². The first kappa shape index (κ1) is 13.3. The Balaban J connectivity index is 2.11. The fourth-order valence-electron chi connectivity index (χ4n) is 3.00. The van der Waals surface area contributed by atoms with Gasteiger partial charge < -0.3 is 5.32 Å². The average Bonchev–Trinajstić information content (AvgIpc) is 2.58. The Morgan fingerprint density at radius 2 is 2.12 bits per heavy atom. The molecular weight excluding hydrogens is 236 g/mol. The van der Waals surface area contributed by atoms with E-state index in [1.807, 2.05) is 0 Å². The van der Waals surface area contributed by atoms with Crippen LogP contribution in [0.15, 0.2) is 0 Å². The zero-order valence-electron chi connectivity index (χ0n) is 11.1. The summed E-state index contributed by atoms with van der Waals surface area (Å²) < 4.78 is 23.2. The molecule has 2 saturated heterocycles. The SMILES string of the molecule is CCC1CNC(C)(C)CN1C1CCS(=O)(=O)C1. The second kappa shape index (κ2) is 4.52. The van der Waals surface area contributed by atoms with E-state index in [1.54, 1.807) is 0 Å². The van der Waals surface area contributed by atoms with E-state index in [1.165, 1.54) is 0 Å². The van der Waals surface area contributed by atoms with Crippen LogP contribution in [0, 0.1) is 0 Å². The molecule has 17 heavy (non-hydrogen) atoms. The molecule has 0 bridgehead atoms. The zero-order valence-corrected chi connectivity index (χ0v) is 11.9. The molecule has 100 valence electrons. The molecule has 4 nitrogen and oxygen atoms in total. The molecule has 0 radical (unpaired) electrons. The minimum absolute atomic E-state index is 0.0953. The molecule has 0 aromatic heterocycles. The molecule has 2 heterocycles. The first-order chi connectivity index (χ1) is 7.83. The Kier molecular flexibility index (Phi) is 3.54. The minimum atomic E-state index is -2.78. The summed E-state index contributed by atoms with van der Waals surface area (Å²) >= 11 is 0. The maximum absolute atomic E-state index is 11.6. The van der Waals surface area contributed by atoms with Gasteiger partial charge in [0.25, 0.3) is 0 Å². The molecule has 2 aliphatic heterocycles. The molecule has 2 rings (SSSR count). The van der Waals surface area contributed by atoms with Crippen LogP contribution < -0.4 is 5.32 Å². The van der Waals surface area contributed by atoms with Gasteiger partial charge in [0, 0.05) is 30.7 Å². The third kappa shape index (κ3) is 3.01.